The van der Waals surface area contributed by atoms with Crippen LogP contribution in [0.15, 0.2) is 22.8 Å². The monoisotopic (exact) mass is 327 g/mol. The summed E-state index contributed by atoms with van der Waals surface area (Å²) < 4.78 is 0.966. The molecule has 2 heterocycles. The van der Waals surface area contributed by atoms with Gasteiger partial charge in [0.1, 0.15) is 0 Å². The molecule has 0 spiro atoms. The van der Waals surface area contributed by atoms with Crippen LogP contribution in [0.25, 0.3) is 0 Å². The van der Waals surface area contributed by atoms with E-state index in [0.29, 0.717) is 0 Å². The quantitative estimate of drug-likeness (QED) is 0.906. The molecule has 1 N–H and O–H groups in total. The number of rotatable bonds is 2. The SMILES string of the molecule is C[C@@H]1CN(Cc2ccc(Br)cn2)C[C@H](C)N1C(=O)O. The van der Waals surface area contributed by atoms with E-state index < -0.39 is 6.09 Å². The Morgan fingerprint density at radius 2 is 2.05 bits per heavy atom. The van der Waals surface area contributed by atoms with Crippen molar-refractivity contribution < 1.29 is 9.90 Å². The number of hydrogen-bond acceptors (Lipinski definition) is 3. The number of aromatic nitrogens is 1. The molecule has 1 aliphatic heterocycles. The van der Waals surface area contributed by atoms with Gasteiger partial charge in [-0.1, -0.05) is 0 Å². The molecule has 0 aliphatic carbocycles. The van der Waals surface area contributed by atoms with Crippen LogP contribution in [0.1, 0.15) is 19.5 Å². The maximum Gasteiger partial charge on any atom is 0.407 e. The third-order valence-electron chi connectivity index (χ3n) is 3.39. The Kier molecular flexibility index (Phi) is 4.42. The van der Waals surface area contributed by atoms with Gasteiger partial charge in [-0.2, -0.15) is 0 Å². The van der Waals surface area contributed by atoms with E-state index in [2.05, 4.69) is 25.8 Å². The molecule has 104 valence electrons. The van der Waals surface area contributed by atoms with Gasteiger partial charge in [-0.15, -0.1) is 0 Å². The Hall–Kier alpha value is -1.14. The van der Waals surface area contributed by atoms with Crippen molar-refractivity contribution in [2.75, 3.05) is 13.1 Å². The van der Waals surface area contributed by atoms with Gasteiger partial charge in [-0.25, -0.2) is 4.79 Å². The molecule has 2 atom stereocenters. The first kappa shape index (κ1) is 14.3. The molecule has 0 bridgehead atoms. The van der Waals surface area contributed by atoms with Gasteiger partial charge < -0.3 is 10.0 Å². The Bertz CT molecular complexity index is 440. The van der Waals surface area contributed by atoms with Crippen molar-refractivity contribution in [3.05, 3.63) is 28.5 Å². The Morgan fingerprint density at radius 3 is 2.53 bits per heavy atom. The molecule has 1 aromatic rings. The Morgan fingerprint density at radius 1 is 1.42 bits per heavy atom. The lowest BCUT2D eigenvalue weighted by Gasteiger charge is -2.42. The molecule has 6 heteroatoms. The number of carboxylic acid groups (broad SMARTS) is 1. The van der Waals surface area contributed by atoms with E-state index in [1.54, 1.807) is 6.20 Å². The van der Waals surface area contributed by atoms with Crippen molar-refractivity contribution in [2.24, 2.45) is 0 Å². The van der Waals surface area contributed by atoms with E-state index in [1.807, 2.05) is 26.0 Å². The summed E-state index contributed by atoms with van der Waals surface area (Å²) in [6.45, 7) is 6.15. The van der Waals surface area contributed by atoms with Crippen molar-refractivity contribution in [2.45, 2.75) is 32.5 Å². The second kappa shape index (κ2) is 5.88. The van der Waals surface area contributed by atoms with Gasteiger partial charge in [0, 0.05) is 42.4 Å². The van der Waals surface area contributed by atoms with Gasteiger partial charge in [-0.05, 0) is 41.9 Å². The van der Waals surface area contributed by atoms with Crippen LogP contribution in [0.5, 0.6) is 0 Å². The molecule has 2 rings (SSSR count). The van der Waals surface area contributed by atoms with Gasteiger partial charge in [0.25, 0.3) is 0 Å². The molecule has 5 nitrogen and oxygen atoms in total. The summed E-state index contributed by atoms with van der Waals surface area (Å²) in [4.78, 5) is 19.3. The fourth-order valence-corrected chi connectivity index (χ4v) is 2.90. The van der Waals surface area contributed by atoms with Crippen LogP contribution in [0.2, 0.25) is 0 Å². The lowest BCUT2D eigenvalue weighted by molar-refractivity contribution is 0.0376. The van der Waals surface area contributed by atoms with Gasteiger partial charge in [0.05, 0.1) is 5.69 Å². The molecule has 19 heavy (non-hydrogen) atoms. The highest BCUT2D eigenvalue weighted by Crippen LogP contribution is 2.18. The number of halogens is 1. The van der Waals surface area contributed by atoms with Crippen molar-refractivity contribution in [1.29, 1.82) is 0 Å². The number of carbonyl (C=O) groups is 1. The first-order valence-electron chi connectivity index (χ1n) is 6.31. The van der Waals surface area contributed by atoms with Crippen molar-refractivity contribution in [3.8, 4) is 0 Å². The highest BCUT2D eigenvalue weighted by atomic mass is 79.9. The second-order valence-electron chi connectivity index (χ2n) is 5.05. The average molecular weight is 328 g/mol. The zero-order chi connectivity index (χ0) is 14.0. The van der Waals surface area contributed by atoms with Crippen LogP contribution in [0, 0.1) is 0 Å². The number of nitrogens with zero attached hydrogens (tertiary/aromatic N) is 3. The molecular formula is C13H18BrN3O2. The summed E-state index contributed by atoms with van der Waals surface area (Å²) in [5.41, 5.74) is 1.01. The number of pyridine rings is 1. The van der Waals surface area contributed by atoms with E-state index >= 15 is 0 Å². The second-order valence-corrected chi connectivity index (χ2v) is 5.97. The van der Waals surface area contributed by atoms with Crippen LogP contribution in [0.4, 0.5) is 4.79 Å². The third kappa shape index (κ3) is 3.45. The topological polar surface area (TPSA) is 56.7 Å². The molecule has 0 aromatic carbocycles. The minimum absolute atomic E-state index is 0.0108. The smallest absolute Gasteiger partial charge is 0.407 e. The zero-order valence-corrected chi connectivity index (χ0v) is 12.7. The maximum absolute atomic E-state index is 11.2. The molecule has 1 fully saturated rings. The van der Waals surface area contributed by atoms with E-state index in [9.17, 15) is 9.90 Å². The van der Waals surface area contributed by atoms with Gasteiger partial charge in [-0.3, -0.25) is 9.88 Å². The zero-order valence-electron chi connectivity index (χ0n) is 11.1. The van der Waals surface area contributed by atoms with Crippen LogP contribution in [-0.4, -0.2) is 51.2 Å². The van der Waals surface area contributed by atoms with Crippen LogP contribution in [0.3, 0.4) is 0 Å². The number of piperazine rings is 1. The molecule has 1 aromatic heterocycles. The molecule has 0 unspecified atom stereocenters. The average Bonchev–Trinajstić information content (AvgIpc) is 2.30. The van der Waals surface area contributed by atoms with Crippen molar-refractivity contribution >= 4 is 22.0 Å². The highest BCUT2D eigenvalue weighted by molar-refractivity contribution is 9.10. The van der Waals surface area contributed by atoms with Crippen LogP contribution < -0.4 is 0 Å². The maximum atomic E-state index is 11.2. The standard InChI is InChI=1S/C13H18BrN3O2/c1-9-6-16(7-10(2)17(9)13(18)19)8-12-4-3-11(14)5-15-12/h3-5,9-10H,6-8H2,1-2H3,(H,18,19)/t9-,10+. The van der Waals surface area contributed by atoms with Crippen molar-refractivity contribution in [3.63, 3.8) is 0 Å². The first-order chi connectivity index (χ1) is 8.97. The van der Waals surface area contributed by atoms with E-state index in [4.69, 9.17) is 0 Å². The molecule has 1 aliphatic rings. The molecule has 1 saturated heterocycles. The predicted molar refractivity (Wildman–Crippen MR) is 76.0 cm³/mol. The molecule has 0 radical (unpaired) electrons. The minimum atomic E-state index is -0.832. The predicted octanol–water partition coefficient (Wildman–Crippen LogP) is 2.42. The molecule has 0 saturated carbocycles. The Balaban J connectivity index is 2.00. The largest absolute Gasteiger partial charge is 0.465 e. The van der Waals surface area contributed by atoms with Gasteiger partial charge in [0.15, 0.2) is 0 Å². The van der Waals surface area contributed by atoms with Gasteiger partial charge in [0.2, 0.25) is 0 Å². The molecular weight excluding hydrogens is 310 g/mol. The fourth-order valence-electron chi connectivity index (χ4n) is 2.67. The van der Waals surface area contributed by atoms with E-state index in [0.717, 1.165) is 29.8 Å². The lowest BCUT2D eigenvalue weighted by Crippen LogP contribution is -2.57. The highest BCUT2D eigenvalue weighted by Gasteiger charge is 2.32. The third-order valence-corrected chi connectivity index (χ3v) is 3.86. The summed E-state index contributed by atoms with van der Waals surface area (Å²) in [6, 6.07) is 3.99. The number of hydrogen-bond donors (Lipinski definition) is 1. The minimum Gasteiger partial charge on any atom is -0.465 e. The van der Waals surface area contributed by atoms with E-state index in [1.165, 1.54) is 4.90 Å². The summed E-state index contributed by atoms with van der Waals surface area (Å²) in [6.07, 6.45) is 0.955. The fraction of sp³-hybridized carbons (Fsp3) is 0.538. The lowest BCUT2D eigenvalue weighted by atomic mass is 10.1. The summed E-state index contributed by atoms with van der Waals surface area (Å²) in [5, 5.41) is 9.18. The normalized spacial score (nSPS) is 24.5. The summed E-state index contributed by atoms with van der Waals surface area (Å²) in [7, 11) is 0. The first-order valence-corrected chi connectivity index (χ1v) is 7.10. The number of amides is 1. The van der Waals surface area contributed by atoms with Gasteiger partial charge >= 0.3 is 6.09 Å². The summed E-state index contributed by atoms with van der Waals surface area (Å²) >= 11 is 3.37. The van der Waals surface area contributed by atoms with Crippen LogP contribution in [-0.2, 0) is 6.54 Å². The summed E-state index contributed by atoms with van der Waals surface area (Å²) in [5.74, 6) is 0. The van der Waals surface area contributed by atoms with E-state index in [-0.39, 0.29) is 12.1 Å². The van der Waals surface area contributed by atoms with Crippen LogP contribution >= 0.6 is 15.9 Å². The Labute approximate surface area is 121 Å². The molecule has 1 amide bonds. The van der Waals surface area contributed by atoms with Crippen molar-refractivity contribution in [1.82, 2.24) is 14.8 Å².